The number of aryl methyl sites for hydroxylation is 2. The van der Waals surface area contributed by atoms with Crippen LogP contribution in [0.2, 0.25) is 0 Å². The Morgan fingerprint density at radius 2 is 1.84 bits per heavy atom. The molecule has 0 aromatic heterocycles. The fourth-order valence-corrected chi connectivity index (χ4v) is 3.43. The first-order valence-corrected chi connectivity index (χ1v) is 8.19. The van der Waals surface area contributed by atoms with Crippen LogP contribution in [0.5, 0.6) is 5.75 Å². The number of aromatic carboxylic acids is 1. The molecular formula is C20H21NO4. The maximum absolute atomic E-state index is 12.5. The molecule has 1 heterocycles. The molecule has 3 rings (SSSR count). The van der Waals surface area contributed by atoms with Gasteiger partial charge in [0.1, 0.15) is 11.3 Å². The van der Waals surface area contributed by atoms with Gasteiger partial charge < -0.3 is 14.7 Å². The van der Waals surface area contributed by atoms with Gasteiger partial charge >= 0.3 is 5.97 Å². The SMILES string of the molecule is COc1cc(C2CC(=O)N(c3cc(C)cc(C)c3)C2)ccc1C(=O)O. The van der Waals surface area contributed by atoms with Gasteiger partial charge in [-0.1, -0.05) is 12.1 Å². The summed E-state index contributed by atoms with van der Waals surface area (Å²) in [6.45, 7) is 4.62. The fourth-order valence-electron chi connectivity index (χ4n) is 3.43. The molecule has 130 valence electrons. The van der Waals surface area contributed by atoms with Gasteiger partial charge in [-0.3, -0.25) is 4.79 Å². The highest BCUT2D eigenvalue weighted by Gasteiger charge is 2.32. The molecule has 0 bridgehead atoms. The van der Waals surface area contributed by atoms with Gasteiger partial charge in [-0.15, -0.1) is 0 Å². The van der Waals surface area contributed by atoms with E-state index in [9.17, 15) is 14.7 Å². The Labute approximate surface area is 146 Å². The van der Waals surface area contributed by atoms with Gasteiger partial charge in [0.25, 0.3) is 0 Å². The van der Waals surface area contributed by atoms with Crippen LogP contribution in [0.25, 0.3) is 0 Å². The van der Waals surface area contributed by atoms with Crippen molar-refractivity contribution in [3.63, 3.8) is 0 Å². The van der Waals surface area contributed by atoms with E-state index in [1.807, 2.05) is 30.9 Å². The monoisotopic (exact) mass is 339 g/mol. The van der Waals surface area contributed by atoms with Gasteiger partial charge in [0.2, 0.25) is 5.91 Å². The number of rotatable bonds is 4. The molecule has 5 nitrogen and oxygen atoms in total. The lowest BCUT2D eigenvalue weighted by Gasteiger charge is -2.18. The standard InChI is InChI=1S/C20H21NO4/c1-12-6-13(2)8-16(7-12)21-11-15(10-19(21)22)14-4-5-17(20(23)24)18(9-14)25-3/h4-9,15H,10-11H2,1-3H3,(H,23,24). The van der Waals surface area contributed by atoms with E-state index in [-0.39, 0.29) is 17.4 Å². The largest absolute Gasteiger partial charge is 0.496 e. The molecule has 0 aliphatic carbocycles. The second kappa shape index (κ2) is 6.59. The number of carbonyl (C=O) groups is 2. The molecule has 1 fully saturated rings. The van der Waals surface area contributed by atoms with Crippen LogP contribution in [0.3, 0.4) is 0 Å². The summed E-state index contributed by atoms with van der Waals surface area (Å²) in [6.07, 6.45) is 0.405. The number of carboxylic acids is 1. The Morgan fingerprint density at radius 3 is 2.44 bits per heavy atom. The minimum Gasteiger partial charge on any atom is -0.496 e. The molecule has 5 heteroatoms. The zero-order valence-electron chi connectivity index (χ0n) is 14.6. The minimum absolute atomic E-state index is 0.0186. The smallest absolute Gasteiger partial charge is 0.339 e. The Hall–Kier alpha value is -2.82. The number of carbonyl (C=O) groups excluding carboxylic acids is 1. The average molecular weight is 339 g/mol. The van der Waals surface area contributed by atoms with E-state index in [0.717, 1.165) is 22.4 Å². The predicted octanol–water partition coefficient (Wildman–Crippen LogP) is 3.53. The molecule has 0 radical (unpaired) electrons. The highest BCUT2D eigenvalue weighted by Crippen LogP contribution is 2.34. The fraction of sp³-hybridized carbons (Fsp3) is 0.300. The van der Waals surface area contributed by atoms with E-state index in [1.54, 1.807) is 18.2 Å². The van der Waals surface area contributed by atoms with Crippen LogP contribution < -0.4 is 9.64 Å². The number of ether oxygens (including phenoxy) is 1. The van der Waals surface area contributed by atoms with E-state index >= 15 is 0 Å². The van der Waals surface area contributed by atoms with E-state index in [1.165, 1.54) is 7.11 Å². The lowest BCUT2D eigenvalue weighted by molar-refractivity contribution is -0.117. The molecule has 1 N–H and O–H groups in total. The van der Waals surface area contributed by atoms with Gasteiger partial charge in [0.05, 0.1) is 7.11 Å². The first-order valence-electron chi connectivity index (χ1n) is 8.19. The highest BCUT2D eigenvalue weighted by molar-refractivity contribution is 5.97. The number of methoxy groups -OCH3 is 1. The van der Waals surface area contributed by atoms with Crippen LogP contribution in [0.15, 0.2) is 36.4 Å². The lowest BCUT2D eigenvalue weighted by atomic mass is 9.96. The first kappa shape index (κ1) is 17.0. The molecule has 0 saturated carbocycles. The summed E-state index contributed by atoms with van der Waals surface area (Å²) in [5, 5.41) is 9.20. The van der Waals surface area contributed by atoms with Crippen LogP contribution in [0.4, 0.5) is 5.69 Å². The highest BCUT2D eigenvalue weighted by atomic mass is 16.5. The van der Waals surface area contributed by atoms with E-state index < -0.39 is 5.97 Å². The maximum Gasteiger partial charge on any atom is 0.339 e. The maximum atomic E-state index is 12.5. The zero-order chi connectivity index (χ0) is 18.1. The van der Waals surface area contributed by atoms with Crippen LogP contribution in [0.1, 0.15) is 39.4 Å². The van der Waals surface area contributed by atoms with Gasteiger partial charge in [-0.25, -0.2) is 4.79 Å². The van der Waals surface area contributed by atoms with E-state index in [2.05, 4.69) is 6.07 Å². The summed E-state index contributed by atoms with van der Waals surface area (Å²) in [4.78, 5) is 25.5. The van der Waals surface area contributed by atoms with Crippen LogP contribution in [-0.4, -0.2) is 30.6 Å². The topological polar surface area (TPSA) is 66.8 Å². The van der Waals surface area contributed by atoms with Crippen molar-refractivity contribution in [2.75, 3.05) is 18.6 Å². The number of hydrogen-bond acceptors (Lipinski definition) is 3. The van der Waals surface area contributed by atoms with Gasteiger partial charge in [0, 0.05) is 24.6 Å². The summed E-state index contributed by atoms with van der Waals surface area (Å²) in [5.74, 6) is -0.605. The van der Waals surface area contributed by atoms with Crippen molar-refractivity contribution in [1.82, 2.24) is 0 Å². The Morgan fingerprint density at radius 1 is 1.16 bits per heavy atom. The summed E-state index contributed by atoms with van der Waals surface area (Å²) in [7, 11) is 1.45. The lowest BCUT2D eigenvalue weighted by Crippen LogP contribution is -2.24. The number of anilines is 1. The van der Waals surface area contributed by atoms with E-state index in [0.29, 0.717) is 18.7 Å². The summed E-state index contributed by atoms with van der Waals surface area (Å²) < 4.78 is 5.20. The third kappa shape index (κ3) is 3.36. The predicted molar refractivity (Wildman–Crippen MR) is 95.6 cm³/mol. The summed E-state index contributed by atoms with van der Waals surface area (Å²) in [5.41, 5.74) is 4.21. The normalized spacial score (nSPS) is 17.0. The molecule has 1 atom stereocenters. The van der Waals surface area contributed by atoms with E-state index in [4.69, 9.17) is 4.74 Å². The van der Waals surface area contributed by atoms with Crippen molar-refractivity contribution in [2.24, 2.45) is 0 Å². The van der Waals surface area contributed by atoms with Crippen LogP contribution in [-0.2, 0) is 4.79 Å². The molecule has 2 aromatic carbocycles. The molecule has 1 unspecified atom stereocenters. The second-order valence-electron chi connectivity index (χ2n) is 6.52. The van der Waals surface area contributed by atoms with Crippen LogP contribution in [0, 0.1) is 13.8 Å². The van der Waals surface area contributed by atoms with Crippen molar-refractivity contribution < 1.29 is 19.4 Å². The minimum atomic E-state index is -1.03. The van der Waals surface area contributed by atoms with Crippen molar-refractivity contribution >= 4 is 17.6 Å². The van der Waals surface area contributed by atoms with Crippen molar-refractivity contribution in [3.8, 4) is 5.75 Å². The Balaban J connectivity index is 1.88. The molecule has 1 amide bonds. The van der Waals surface area contributed by atoms with Crippen LogP contribution >= 0.6 is 0 Å². The van der Waals surface area contributed by atoms with Gasteiger partial charge in [-0.05, 0) is 54.8 Å². The second-order valence-corrected chi connectivity index (χ2v) is 6.52. The molecule has 1 aliphatic rings. The molecule has 1 aliphatic heterocycles. The third-order valence-electron chi connectivity index (χ3n) is 4.57. The Bertz CT molecular complexity index is 823. The van der Waals surface area contributed by atoms with Gasteiger partial charge in [-0.2, -0.15) is 0 Å². The quantitative estimate of drug-likeness (QED) is 0.925. The molecule has 25 heavy (non-hydrogen) atoms. The molecule has 0 spiro atoms. The van der Waals surface area contributed by atoms with Crippen molar-refractivity contribution in [1.29, 1.82) is 0 Å². The average Bonchev–Trinajstić information content (AvgIpc) is 2.95. The number of benzene rings is 2. The van der Waals surface area contributed by atoms with Crippen molar-refractivity contribution in [2.45, 2.75) is 26.2 Å². The first-order chi connectivity index (χ1) is 11.9. The number of carboxylic acid groups (broad SMARTS) is 1. The summed E-state index contributed by atoms with van der Waals surface area (Å²) in [6, 6.07) is 11.2. The van der Waals surface area contributed by atoms with Crippen molar-refractivity contribution in [3.05, 3.63) is 58.7 Å². The number of nitrogens with zero attached hydrogens (tertiary/aromatic N) is 1. The Kier molecular flexibility index (Phi) is 4.49. The molecular weight excluding hydrogens is 318 g/mol. The van der Waals surface area contributed by atoms with Gasteiger partial charge in [0.15, 0.2) is 0 Å². The summed E-state index contributed by atoms with van der Waals surface area (Å²) >= 11 is 0. The molecule has 1 saturated heterocycles. The third-order valence-corrected chi connectivity index (χ3v) is 4.57. The molecule has 2 aromatic rings. The number of hydrogen-bond donors (Lipinski definition) is 1. The number of amides is 1. The zero-order valence-corrected chi connectivity index (χ0v) is 14.6.